The van der Waals surface area contributed by atoms with Crippen molar-refractivity contribution < 1.29 is 9.53 Å². The van der Waals surface area contributed by atoms with Crippen molar-refractivity contribution in [3.63, 3.8) is 0 Å². The van der Waals surface area contributed by atoms with Crippen LogP contribution >= 0.6 is 0 Å². The fourth-order valence-corrected chi connectivity index (χ4v) is 2.80. The third kappa shape index (κ3) is 2.52. The van der Waals surface area contributed by atoms with Gasteiger partial charge in [0, 0.05) is 19.0 Å². The van der Waals surface area contributed by atoms with Crippen molar-refractivity contribution in [2.75, 3.05) is 6.54 Å². The number of aryl methyl sites for hydroxylation is 2. The van der Waals surface area contributed by atoms with Gasteiger partial charge >= 0.3 is 0 Å². The van der Waals surface area contributed by atoms with E-state index in [-0.39, 0.29) is 11.9 Å². The third-order valence-electron chi connectivity index (χ3n) is 4.42. The van der Waals surface area contributed by atoms with Gasteiger partial charge in [0.2, 0.25) is 0 Å². The van der Waals surface area contributed by atoms with Crippen LogP contribution in [0.1, 0.15) is 29.5 Å². The predicted octanol–water partition coefficient (Wildman–Crippen LogP) is 1.46. The molecule has 0 radical (unpaired) electrons. The number of rotatable bonds is 4. The third-order valence-corrected chi connectivity index (χ3v) is 4.42. The van der Waals surface area contributed by atoms with Gasteiger partial charge in [-0.3, -0.25) is 4.79 Å². The number of ether oxygens (including phenoxy) is 1. The predicted molar refractivity (Wildman–Crippen MR) is 77.7 cm³/mol. The smallest absolute Gasteiger partial charge is 0.261 e. The molecule has 1 aromatic rings. The fourth-order valence-electron chi connectivity index (χ4n) is 2.80. The molecule has 2 unspecified atom stereocenters. The van der Waals surface area contributed by atoms with Crippen LogP contribution in [0.2, 0.25) is 0 Å². The topological polar surface area (TPSA) is 64.3 Å². The summed E-state index contributed by atoms with van der Waals surface area (Å²) < 4.78 is 5.80. The summed E-state index contributed by atoms with van der Waals surface area (Å²) in [5.41, 5.74) is 9.30. The Kier molecular flexibility index (Phi) is 3.42. The Hall–Kier alpha value is -1.55. The number of carbonyl (C=O) groups is 1. The van der Waals surface area contributed by atoms with Gasteiger partial charge < -0.3 is 15.8 Å². The highest BCUT2D eigenvalue weighted by Gasteiger charge is 2.35. The summed E-state index contributed by atoms with van der Waals surface area (Å²) in [5.74, 6) is 1.39. The number of nitrogens with one attached hydrogen (secondary N) is 1. The van der Waals surface area contributed by atoms with Crippen LogP contribution in [0.15, 0.2) is 12.1 Å². The first-order valence-electron chi connectivity index (χ1n) is 7.35. The maximum atomic E-state index is 12.3. The molecule has 1 amide bonds. The van der Waals surface area contributed by atoms with E-state index in [0.717, 1.165) is 11.3 Å². The number of hydrogen-bond acceptors (Lipinski definition) is 3. The van der Waals surface area contributed by atoms with Gasteiger partial charge in [-0.25, -0.2) is 0 Å². The highest BCUT2D eigenvalue weighted by molar-refractivity contribution is 5.83. The van der Waals surface area contributed by atoms with E-state index in [4.69, 9.17) is 10.5 Å². The molecule has 4 heteroatoms. The average Bonchev–Trinajstić information content (AvgIpc) is 3.18. The van der Waals surface area contributed by atoms with Crippen LogP contribution in [-0.2, 0) is 11.2 Å². The molecule has 1 aliphatic carbocycles. The standard InChI is InChI=1S/C16H22N2O2/c1-9-5-12-7-15(20-14(12)6-10(9)2)16(19)18-13(8-17)11-3-4-11/h5-6,11,13,15H,3-4,7-8,17H2,1-2H3,(H,18,19). The van der Waals surface area contributed by atoms with Gasteiger partial charge in [-0.1, -0.05) is 6.07 Å². The van der Waals surface area contributed by atoms with Crippen molar-refractivity contribution in [2.45, 2.75) is 45.3 Å². The Labute approximate surface area is 119 Å². The van der Waals surface area contributed by atoms with Crippen molar-refractivity contribution in [1.29, 1.82) is 0 Å². The minimum Gasteiger partial charge on any atom is -0.480 e. The van der Waals surface area contributed by atoms with Crippen molar-refractivity contribution in [1.82, 2.24) is 5.32 Å². The van der Waals surface area contributed by atoms with Crippen molar-refractivity contribution in [3.05, 3.63) is 28.8 Å². The molecule has 0 spiro atoms. The molecule has 0 bridgehead atoms. The molecule has 4 nitrogen and oxygen atoms in total. The molecule has 2 aliphatic rings. The molecule has 108 valence electrons. The molecule has 1 heterocycles. The lowest BCUT2D eigenvalue weighted by Gasteiger charge is -2.18. The zero-order valence-corrected chi connectivity index (χ0v) is 12.1. The normalized spacial score (nSPS) is 22.1. The molecule has 3 N–H and O–H groups in total. The van der Waals surface area contributed by atoms with E-state index in [0.29, 0.717) is 18.9 Å². The molecule has 1 aromatic carbocycles. The lowest BCUT2D eigenvalue weighted by atomic mass is 10.0. The zero-order chi connectivity index (χ0) is 14.3. The summed E-state index contributed by atoms with van der Waals surface area (Å²) in [6.07, 6.45) is 2.60. The van der Waals surface area contributed by atoms with Gasteiger partial charge in [0.1, 0.15) is 5.75 Å². The fraction of sp³-hybridized carbons (Fsp3) is 0.562. The highest BCUT2D eigenvalue weighted by Crippen LogP contribution is 2.34. The van der Waals surface area contributed by atoms with E-state index >= 15 is 0 Å². The molecule has 1 aliphatic heterocycles. The van der Waals surface area contributed by atoms with Gasteiger partial charge in [-0.2, -0.15) is 0 Å². The Bertz CT molecular complexity index is 507. The summed E-state index contributed by atoms with van der Waals surface area (Å²) in [6, 6.07) is 4.26. The van der Waals surface area contributed by atoms with Crippen LogP contribution in [0.4, 0.5) is 0 Å². The molecule has 3 rings (SSSR count). The lowest BCUT2D eigenvalue weighted by molar-refractivity contribution is -0.128. The molecule has 0 saturated heterocycles. The van der Waals surface area contributed by atoms with Gasteiger partial charge in [0.15, 0.2) is 6.10 Å². The maximum Gasteiger partial charge on any atom is 0.261 e. The van der Waals surface area contributed by atoms with Crippen LogP contribution in [0, 0.1) is 19.8 Å². The van der Waals surface area contributed by atoms with Gasteiger partial charge in [0.05, 0.1) is 0 Å². The largest absolute Gasteiger partial charge is 0.480 e. The first-order valence-corrected chi connectivity index (χ1v) is 7.35. The second-order valence-electron chi connectivity index (χ2n) is 6.04. The van der Waals surface area contributed by atoms with E-state index < -0.39 is 6.10 Å². The number of carbonyl (C=O) groups excluding carboxylic acids is 1. The molecular formula is C16H22N2O2. The van der Waals surface area contributed by atoms with Crippen molar-refractivity contribution in [3.8, 4) is 5.75 Å². The summed E-state index contributed by atoms with van der Waals surface area (Å²) in [6.45, 7) is 4.65. The number of hydrogen-bond donors (Lipinski definition) is 2. The van der Waals surface area contributed by atoms with Crippen LogP contribution < -0.4 is 15.8 Å². The van der Waals surface area contributed by atoms with Crippen molar-refractivity contribution in [2.24, 2.45) is 11.7 Å². The quantitative estimate of drug-likeness (QED) is 0.873. The number of nitrogens with two attached hydrogens (primary N) is 1. The Balaban J connectivity index is 1.66. The second-order valence-corrected chi connectivity index (χ2v) is 6.04. The van der Waals surface area contributed by atoms with E-state index in [9.17, 15) is 4.79 Å². The van der Waals surface area contributed by atoms with Gasteiger partial charge in [0.25, 0.3) is 5.91 Å². The van der Waals surface area contributed by atoms with Crippen LogP contribution in [-0.4, -0.2) is 24.6 Å². The maximum absolute atomic E-state index is 12.3. The number of amides is 1. The van der Waals surface area contributed by atoms with Crippen molar-refractivity contribution >= 4 is 5.91 Å². The molecule has 2 atom stereocenters. The first kappa shape index (κ1) is 13.4. The van der Waals surface area contributed by atoms with Gasteiger partial charge in [-0.15, -0.1) is 0 Å². The highest BCUT2D eigenvalue weighted by atomic mass is 16.5. The summed E-state index contributed by atoms with van der Waals surface area (Å²) in [5, 5.41) is 3.05. The van der Waals surface area contributed by atoms with E-state index in [1.807, 2.05) is 6.07 Å². The van der Waals surface area contributed by atoms with E-state index in [2.05, 4.69) is 25.2 Å². The molecule has 20 heavy (non-hydrogen) atoms. The van der Waals surface area contributed by atoms with Crippen LogP contribution in [0.25, 0.3) is 0 Å². The average molecular weight is 274 g/mol. The first-order chi connectivity index (χ1) is 9.58. The number of fused-ring (bicyclic) bond motifs is 1. The SMILES string of the molecule is Cc1cc2c(cc1C)OC(C(=O)NC(CN)C1CC1)C2. The second kappa shape index (κ2) is 5.09. The monoisotopic (exact) mass is 274 g/mol. The van der Waals surface area contributed by atoms with Crippen LogP contribution in [0.5, 0.6) is 5.75 Å². The molecule has 1 saturated carbocycles. The minimum absolute atomic E-state index is 0.0288. The molecular weight excluding hydrogens is 252 g/mol. The zero-order valence-electron chi connectivity index (χ0n) is 12.1. The Morgan fingerprint density at radius 3 is 2.75 bits per heavy atom. The van der Waals surface area contributed by atoms with Crippen LogP contribution in [0.3, 0.4) is 0 Å². The summed E-state index contributed by atoms with van der Waals surface area (Å²) in [4.78, 5) is 12.3. The summed E-state index contributed by atoms with van der Waals surface area (Å²) in [7, 11) is 0. The van der Waals surface area contributed by atoms with Gasteiger partial charge in [-0.05, 0) is 55.4 Å². The Morgan fingerprint density at radius 2 is 2.10 bits per heavy atom. The molecule has 0 aromatic heterocycles. The minimum atomic E-state index is -0.404. The molecule has 1 fully saturated rings. The van der Waals surface area contributed by atoms with E-state index in [1.165, 1.54) is 24.0 Å². The van der Waals surface area contributed by atoms with E-state index in [1.54, 1.807) is 0 Å². The summed E-state index contributed by atoms with van der Waals surface area (Å²) >= 11 is 0. The lowest BCUT2D eigenvalue weighted by Crippen LogP contribution is -2.47. The Morgan fingerprint density at radius 1 is 1.40 bits per heavy atom. The number of benzene rings is 1.